The normalized spacial score (nSPS) is 11.0. The van der Waals surface area contributed by atoms with E-state index in [9.17, 15) is 8.78 Å². The average Bonchev–Trinajstić information content (AvgIpc) is 3.00. The number of aromatic nitrogens is 1. The van der Waals surface area contributed by atoms with Crippen LogP contribution in [0.1, 0.15) is 16.8 Å². The number of hydrogen-bond donors (Lipinski definition) is 1. The van der Waals surface area contributed by atoms with E-state index >= 15 is 0 Å². The fourth-order valence-corrected chi connectivity index (χ4v) is 2.74. The van der Waals surface area contributed by atoms with Crippen LogP contribution in [0.3, 0.4) is 0 Å². The van der Waals surface area contributed by atoms with E-state index in [0.717, 1.165) is 29.0 Å². The number of anilines is 1. The Morgan fingerprint density at radius 3 is 2.84 bits per heavy atom. The first kappa shape index (κ1) is 17.0. The van der Waals surface area contributed by atoms with E-state index in [1.807, 2.05) is 36.6 Å². The van der Waals surface area contributed by atoms with Gasteiger partial charge >= 0.3 is 0 Å². The lowest BCUT2D eigenvalue weighted by molar-refractivity contribution is 0.289. The molecule has 3 rings (SSSR count). The third-order valence-electron chi connectivity index (χ3n) is 3.32. The second kappa shape index (κ2) is 7.85. The molecule has 7 heteroatoms. The second-order valence-corrected chi connectivity index (χ2v) is 6.08. The van der Waals surface area contributed by atoms with Gasteiger partial charge in [-0.2, -0.15) is 5.10 Å². The Morgan fingerprint density at radius 1 is 1.24 bits per heavy atom. The number of thiazole rings is 1. The van der Waals surface area contributed by atoms with E-state index in [0.29, 0.717) is 5.13 Å². The van der Waals surface area contributed by atoms with Crippen molar-refractivity contribution in [2.75, 3.05) is 5.43 Å². The monoisotopic (exact) mass is 359 g/mol. The van der Waals surface area contributed by atoms with Crippen LogP contribution in [0, 0.1) is 18.6 Å². The molecule has 0 aliphatic carbocycles. The van der Waals surface area contributed by atoms with Gasteiger partial charge in [0.05, 0.1) is 11.9 Å². The van der Waals surface area contributed by atoms with Crippen molar-refractivity contribution in [2.45, 2.75) is 13.5 Å². The molecule has 0 atom stereocenters. The van der Waals surface area contributed by atoms with Crippen LogP contribution < -0.4 is 10.2 Å². The molecule has 0 aliphatic heterocycles. The van der Waals surface area contributed by atoms with E-state index in [1.165, 1.54) is 17.4 Å². The molecule has 0 unspecified atom stereocenters. The van der Waals surface area contributed by atoms with Crippen molar-refractivity contribution in [3.8, 4) is 5.75 Å². The molecule has 0 spiro atoms. The summed E-state index contributed by atoms with van der Waals surface area (Å²) in [7, 11) is 0. The molecule has 1 N–H and O–H groups in total. The van der Waals surface area contributed by atoms with E-state index in [1.54, 1.807) is 6.21 Å². The standard InChI is InChI=1S/C18H15F2N3OS/c1-12-11-25-18(22-12)23-21-9-13-4-2-3-5-14(13)10-24-17-7-6-15(19)8-16(17)20/h2-9,11H,10H2,1H3,(H,22,23). The fourth-order valence-electron chi connectivity index (χ4n) is 2.10. The highest BCUT2D eigenvalue weighted by Gasteiger charge is 2.07. The van der Waals surface area contributed by atoms with Gasteiger partial charge in [0.1, 0.15) is 12.4 Å². The third kappa shape index (κ3) is 4.60. The zero-order valence-corrected chi connectivity index (χ0v) is 14.2. The van der Waals surface area contributed by atoms with Crippen LogP contribution in [0.4, 0.5) is 13.9 Å². The minimum Gasteiger partial charge on any atom is -0.486 e. The molecular formula is C18H15F2N3OS. The SMILES string of the molecule is Cc1csc(NN=Cc2ccccc2COc2ccc(F)cc2F)n1. The molecule has 0 saturated carbocycles. The van der Waals surface area contributed by atoms with Gasteiger partial charge in [-0.1, -0.05) is 24.3 Å². The van der Waals surface area contributed by atoms with Gasteiger partial charge in [-0.15, -0.1) is 11.3 Å². The summed E-state index contributed by atoms with van der Waals surface area (Å²) in [4.78, 5) is 4.25. The van der Waals surface area contributed by atoms with Gasteiger partial charge in [0, 0.05) is 17.0 Å². The number of hydrogen-bond acceptors (Lipinski definition) is 5. The second-order valence-electron chi connectivity index (χ2n) is 5.23. The highest BCUT2D eigenvalue weighted by Crippen LogP contribution is 2.20. The summed E-state index contributed by atoms with van der Waals surface area (Å²) in [6.07, 6.45) is 1.65. The Labute approximate surface area is 147 Å². The molecule has 1 heterocycles. The van der Waals surface area contributed by atoms with Crippen molar-refractivity contribution in [3.05, 3.63) is 76.3 Å². The average molecular weight is 359 g/mol. The first-order valence-corrected chi connectivity index (χ1v) is 8.37. The molecule has 0 bridgehead atoms. The molecule has 0 amide bonds. The number of hydrazone groups is 1. The highest BCUT2D eigenvalue weighted by atomic mass is 32.1. The first-order valence-electron chi connectivity index (χ1n) is 7.49. The molecule has 4 nitrogen and oxygen atoms in total. The van der Waals surface area contributed by atoms with Crippen molar-refractivity contribution in [2.24, 2.45) is 5.10 Å². The van der Waals surface area contributed by atoms with Crippen molar-refractivity contribution in [3.63, 3.8) is 0 Å². The molecule has 3 aromatic rings. The van der Waals surface area contributed by atoms with Crippen LogP contribution in [0.15, 0.2) is 52.9 Å². The summed E-state index contributed by atoms with van der Waals surface area (Å²) in [5.74, 6) is -1.36. The Balaban J connectivity index is 1.68. The van der Waals surface area contributed by atoms with Crippen molar-refractivity contribution in [1.82, 2.24) is 4.98 Å². The number of nitrogens with zero attached hydrogens (tertiary/aromatic N) is 2. The molecule has 25 heavy (non-hydrogen) atoms. The predicted molar refractivity (Wildman–Crippen MR) is 95.2 cm³/mol. The number of benzene rings is 2. The lowest BCUT2D eigenvalue weighted by Crippen LogP contribution is -2.02. The maximum Gasteiger partial charge on any atom is 0.203 e. The summed E-state index contributed by atoms with van der Waals surface area (Å²) in [5, 5.41) is 6.80. The third-order valence-corrected chi connectivity index (χ3v) is 4.18. The van der Waals surface area contributed by atoms with Gasteiger partial charge < -0.3 is 4.74 Å². The predicted octanol–water partition coefficient (Wildman–Crippen LogP) is 4.75. The number of ether oxygens (including phenoxy) is 1. The van der Waals surface area contributed by atoms with Crippen molar-refractivity contribution in [1.29, 1.82) is 0 Å². The topological polar surface area (TPSA) is 46.5 Å². The summed E-state index contributed by atoms with van der Waals surface area (Å²) in [6.45, 7) is 2.05. The number of halogens is 2. The van der Waals surface area contributed by atoms with Crippen LogP contribution in [0.5, 0.6) is 5.75 Å². The van der Waals surface area contributed by atoms with Crippen molar-refractivity contribution < 1.29 is 13.5 Å². The molecule has 0 aliphatic rings. The first-order chi connectivity index (χ1) is 12.1. The zero-order valence-electron chi connectivity index (χ0n) is 13.4. The van der Waals surface area contributed by atoms with Gasteiger partial charge in [0.15, 0.2) is 11.6 Å². The van der Waals surface area contributed by atoms with Crippen LogP contribution in [0.25, 0.3) is 0 Å². The Morgan fingerprint density at radius 2 is 2.08 bits per heavy atom. The summed E-state index contributed by atoms with van der Waals surface area (Å²) >= 11 is 1.47. The number of aryl methyl sites for hydroxylation is 1. The highest BCUT2D eigenvalue weighted by molar-refractivity contribution is 7.13. The molecule has 0 saturated heterocycles. The van der Waals surface area contributed by atoms with Gasteiger partial charge in [0.2, 0.25) is 5.13 Å². The van der Waals surface area contributed by atoms with E-state index in [-0.39, 0.29) is 12.4 Å². The lowest BCUT2D eigenvalue weighted by Gasteiger charge is -2.09. The molecule has 0 radical (unpaired) electrons. The maximum absolute atomic E-state index is 13.6. The summed E-state index contributed by atoms with van der Waals surface area (Å²) in [5.41, 5.74) is 5.44. The molecule has 1 aromatic heterocycles. The molecule has 128 valence electrons. The van der Waals surface area contributed by atoms with Gasteiger partial charge in [-0.05, 0) is 24.6 Å². The van der Waals surface area contributed by atoms with Gasteiger partial charge in [0.25, 0.3) is 0 Å². The Bertz CT molecular complexity index is 896. The smallest absolute Gasteiger partial charge is 0.203 e. The minimum absolute atomic E-state index is 0.00419. The quantitative estimate of drug-likeness (QED) is 0.510. The molecular weight excluding hydrogens is 344 g/mol. The molecule has 2 aromatic carbocycles. The van der Waals surface area contributed by atoms with Gasteiger partial charge in [-0.3, -0.25) is 5.43 Å². The van der Waals surface area contributed by atoms with Crippen molar-refractivity contribution >= 4 is 22.7 Å². The van der Waals surface area contributed by atoms with Crippen LogP contribution in [-0.4, -0.2) is 11.2 Å². The fraction of sp³-hybridized carbons (Fsp3) is 0.111. The number of rotatable bonds is 6. The zero-order chi connectivity index (χ0) is 17.6. The summed E-state index contributed by atoms with van der Waals surface area (Å²) in [6, 6.07) is 10.7. The van der Waals surface area contributed by atoms with Gasteiger partial charge in [-0.25, -0.2) is 13.8 Å². The van der Waals surface area contributed by atoms with Crippen LogP contribution in [-0.2, 0) is 6.61 Å². The van der Waals surface area contributed by atoms with Crippen LogP contribution in [0.2, 0.25) is 0 Å². The van der Waals surface area contributed by atoms with E-state index in [2.05, 4.69) is 15.5 Å². The maximum atomic E-state index is 13.6. The van der Waals surface area contributed by atoms with E-state index < -0.39 is 11.6 Å². The van der Waals surface area contributed by atoms with Crippen LogP contribution >= 0.6 is 11.3 Å². The Hall–Kier alpha value is -2.80. The largest absolute Gasteiger partial charge is 0.486 e. The lowest BCUT2D eigenvalue weighted by atomic mass is 10.1. The minimum atomic E-state index is -0.730. The summed E-state index contributed by atoms with van der Waals surface area (Å²) < 4.78 is 32.0. The van der Waals surface area contributed by atoms with E-state index in [4.69, 9.17) is 4.74 Å². The number of nitrogens with one attached hydrogen (secondary N) is 1. The molecule has 0 fully saturated rings. The Kier molecular flexibility index (Phi) is 5.35.